The normalized spacial score (nSPS) is 15.3. The van der Waals surface area contributed by atoms with Crippen molar-refractivity contribution in [3.8, 4) is 11.3 Å². The van der Waals surface area contributed by atoms with Gasteiger partial charge >= 0.3 is 6.18 Å². The molecule has 204 valence electrons. The molecule has 5 rings (SSSR count). The van der Waals surface area contributed by atoms with Gasteiger partial charge in [-0.1, -0.05) is 18.2 Å². The van der Waals surface area contributed by atoms with E-state index >= 15 is 0 Å². The van der Waals surface area contributed by atoms with Crippen LogP contribution in [0.2, 0.25) is 0 Å². The Bertz CT molecular complexity index is 1490. The molecular weight excluding hydrogens is 503 g/mol. The van der Waals surface area contributed by atoms with Crippen LogP contribution in [0, 0.1) is 6.92 Å². The van der Waals surface area contributed by atoms with E-state index in [2.05, 4.69) is 20.1 Å². The molecule has 1 N–H and O–H groups in total. The van der Waals surface area contributed by atoms with Gasteiger partial charge in [-0.05, 0) is 94.5 Å². The quantitative estimate of drug-likeness (QED) is 0.324. The number of pyridine rings is 1. The number of piperidine rings is 1. The second kappa shape index (κ2) is 10.8. The molecule has 0 saturated carbocycles. The molecule has 0 spiro atoms. The van der Waals surface area contributed by atoms with E-state index in [1.807, 2.05) is 55.9 Å². The van der Waals surface area contributed by atoms with E-state index in [-0.39, 0.29) is 17.8 Å². The minimum Gasteiger partial charge on any atom is -0.322 e. The third-order valence-electron chi connectivity index (χ3n) is 7.55. The molecule has 4 aromatic rings. The van der Waals surface area contributed by atoms with Crippen molar-refractivity contribution in [2.75, 3.05) is 32.5 Å². The zero-order chi connectivity index (χ0) is 27.7. The van der Waals surface area contributed by atoms with Crippen molar-refractivity contribution < 1.29 is 18.0 Å². The van der Waals surface area contributed by atoms with E-state index in [4.69, 9.17) is 0 Å². The Morgan fingerprint density at radius 2 is 1.85 bits per heavy atom. The average Bonchev–Trinajstić information content (AvgIpc) is 3.33. The van der Waals surface area contributed by atoms with E-state index in [1.165, 1.54) is 6.07 Å². The summed E-state index contributed by atoms with van der Waals surface area (Å²) >= 11 is 0. The number of aryl methyl sites for hydroxylation is 1. The van der Waals surface area contributed by atoms with Gasteiger partial charge in [-0.15, -0.1) is 0 Å². The smallest absolute Gasteiger partial charge is 0.322 e. The van der Waals surface area contributed by atoms with Crippen LogP contribution in [0.4, 0.5) is 18.9 Å². The van der Waals surface area contributed by atoms with Crippen LogP contribution in [0.1, 0.15) is 39.9 Å². The molecule has 0 aliphatic carbocycles. The minimum absolute atomic E-state index is 0.110. The number of carbonyl (C=O) groups is 1. The number of imidazole rings is 1. The number of nitrogens with one attached hydrogen (secondary N) is 1. The zero-order valence-electron chi connectivity index (χ0n) is 22.3. The van der Waals surface area contributed by atoms with E-state index in [1.54, 1.807) is 24.4 Å². The van der Waals surface area contributed by atoms with Crippen molar-refractivity contribution in [3.63, 3.8) is 0 Å². The Hall–Kier alpha value is -3.69. The number of rotatable bonds is 6. The molecule has 6 nitrogen and oxygen atoms in total. The Labute approximate surface area is 226 Å². The van der Waals surface area contributed by atoms with Crippen LogP contribution in [0.5, 0.6) is 0 Å². The maximum Gasteiger partial charge on any atom is 0.416 e. The summed E-state index contributed by atoms with van der Waals surface area (Å²) in [4.78, 5) is 21.8. The van der Waals surface area contributed by atoms with Crippen LogP contribution in [0.3, 0.4) is 0 Å². The van der Waals surface area contributed by atoms with Crippen molar-refractivity contribution >= 4 is 17.2 Å². The van der Waals surface area contributed by atoms with Crippen LogP contribution in [0.15, 0.2) is 67.0 Å². The summed E-state index contributed by atoms with van der Waals surface area (Å²) < 4.78 is 44.1. The number of fused-ring (bicyclic) bond motifs is 1. The highest BCUT2D eigenvalue weighted by Gasteiger charge is 2.34. The summed E-state index contributed by atoms with van der Waals surface area (Å²) in [5, 5.41) is 2.67. The summed E-state index contributed by atoms with van der Waals surface area (Å²) in [6, 6.07) is 15.5. The highest BCUT2D eigenvalue weighted by atomic mass is 19.4. The molecule has 1 amide bonds. The molecule has 9 heteroatoms. The lowest BCUT2D eigenvalue weighted by Gasteiger charge is -2.35. The Kier molecular flexibility index (Phi) is 7.46. The summed E-state index contributed by atoms with van der Waals surface area (Å²) in [5.41, 5.74) is 3.35. The molecule has 1 saturated heterocycles. The van der Waals surface area contributed by atoms with Gasteiger partial charge in [0.25, 0.3) is 5.91 Å². The van der Waals surface area contributed by atoms with Gasteiger partial charge in [0.1, 0.15) is 5.65 Å². The highest BCUT2D eigenvalue weighted by molar-refractivity contribution is 6.05. The molecule has 1 fully saturated rings. The molecule has 39 heavy (non-hydrogen) atoms. The van der Waals surface area contributed by atoms with Crippen molar-refractivity contribution in [1.29, 1.82) is 0 Å². The van der Waals surface area contributed by atoms with Gasteiger partial charge in [-0.3, -0.25) is 14.1 Å². The largest absolute Gasteiger partial charge is 0.416 e. The van der Waals surface area contributed by atoms with Crippen molar-refractivity contribution in [1.82, 2.24) is 19.2 Å². The van der Waals surface area contributed by atoms with Gasteiger partial charge in [0.2, 0.25) is 0 Å². The maximum absolute atomic E-state index is 14.0. The van der Waals surface area contributed by atoms with Crippen molar-refractivity contribution in [2.24, 2.45) is 0 Å². The van der Waals surface area contributed by atoms with Gasteiger partial charge < -0.3 is 10.2 Å². The number of halogens is 3. The fraction of sp³-hybridized carbons (Fsp3) is 0.333. The number of likely N-dealkylation sites (tertiary alicyclic amines) is 1. The molecule has 3 heterocycles. The minimum atomic E-state index is -4.53. The standard InChI is InChI=1S/C30H32F3N5O/c1-20-7-8-21(16-25(20)27-18-34-28-6-4-5-13-38(27)28)29(39)35-23-10-9-22(26(17-23)30(31,32)33)19-37-14-11-24(12-15-37)36(2)3/h4-10,13,16-18,24H,11-12,14-15,19H2,1-3H3,(H,35,39). The lowest BCUT2D eigenvalue weighted by molar-refractivity contribution is -0.138. The summed E-state index contributed by atoms with van der Waals surface area (Å²) in [6.07, 6.45) is 0.968. The maximum atomic E-state index is 14.0. The number of alkyl halides is 3. The Morgan fingerprint density at radius 3 is 2.56 bits per heavy atom. The lowest BCUT2D eigenvalue weighted by Crippen LogP contribution is -2.41. The summed E-state index contributed by atoms with van der Waals surface area (Å²) in [5.74, 6) is -0.475. The first-order valence-electron chi connectivity index (χ1n) is 13.0. The molecule has 0 radical (unpaired) electrons. The highest BCUT2D eigenvalue weighted by Crippen LogP contribution is 2.35. The van der Waals surface area contributed by atoms with Gasteiger partial charge in [0.15, 0.2) is 0 Å². The van der Waals surface area contributed by atoms with Crippen LogP contribution >= 0.6 is 0 Å². The third-order valence-corrected chi connectivity index (χ3v) is 7.55. The number of anilines is 1. The lowest BCUT2D eigenvalue weighted by atomic mass is 10.0. The molecule has 1 aliphatic heterocycles. The van der Waals surface area contributed by atoms with Crippen LogP contribution in [-0.4, -0.2) is 58.3 Å². The Morgan fingerprint density at radius 1 is 1.08 bits per heavy atom. The zero-order valence-corrected chi connectivity index (χ0v) is 22.3. The number of hydrogen-bond acceptors (Lipinski definition) is 4. The van der Waals surface area contributed by atoms with Crippen LogP contribution in [-0.2, 0) is 12.7 Å². The first-order valence-corrected chi connectivity index (χ1v) is 13.0. The molecule has 0 atom stereocenters. The summed E-state index contributed by atoms with van der Waals surface area (Å²) in [6.45, 7) is 3.67. The number of benzene rings is 2. The van der Waals surface area contributed by atoms with E-state index in [0.29, 0.717) is 11.6 Å². The molecule has 1 aliphatic rings. The fourth-order valence-electron chi connectivity index (χ4n) is 5.26. The third kappa shape index (κ3) is 5.84. The molecule has 0 bridgehead atoms. The SMILES string of the molecule is Cc1ccc(C(=O)Nc2ccc(CN3CCC(N(C)C)CC3)c(C(F)(F)F)c2)cc1-c1cnc2ccccn12. The number of aromatic nitrogens is 2. The van der Waals surface area contributed by atoms with Crippen molar-refractivity contribution in [3.05, 3.63) is 89.2 Å². The monoisotopic (exact) mass is 535 g/mol. The van der Waals surface area contributed by atoms with Crippen LogP contribution in [0.25, 0.3) is 16.9 Å². The number of nitrogens with zero attached hydrogens (tertiary/aromatic N) is 4. The molecule has 2 aromatic heterocycles. The first-order chi connectivity index (χ1) is 18.6. The van der Waals surface area contributed by atoms with Gasteiger partial charge in [-0.2, -0.15) is 13.2 Å². The molecular formula is C30H32F3N5O. The van der Waals surface area contributed by atoms with E-state index in [9.17, 15) is 18.0 Å². The van der Waals surface area contributed by atoms with Gasteiger partial charge in [0, 0.05) is 35.6 Å². The number of carbonyl (C=O) groups excluding carboxylic acids is 1. The molecule has 0 unspecified atom stereocenters. The summed E-state index contributed by atoms with van der Waals surface area (Å²) in [7, 11) is 4.07. The number of hydrogen-bond donors (Lipinski definition) is 1. The van der Waals surface area contributed by atoms with E-state index in [0.717, 1.165) is 54.5 Å². The second-order valence-electron chi connectivity index (χ2n) is 10.4. The van der Waals surface area contributed by atoms with E-state index < -0.39 is 17.6 Å². The predicted octanol–water partition coefficient (Wildman–Crippen LogP) is 6.11. The van der Waals surface area contributed by atoms with Crippen molar-refractivity contribution in [2.45, 2.75) is 38.5 Å². The molecule has 2 aromatic carbocycles. The first kappa shape index (κ1) is 26.9. The Balaban J connectivity index is 1.36. The van der Waals surface area contributed by atoms with Gasteiger partial charge in [0.05, 0.1) is 17.5 Å². The number of amides is 1. The fourth-order valence-corrected chi connectivity index (χ4v) is 5.26. The topological polar surface area (TPSA) is 52.9 Å². The van der Waals surface area contributed by atoms with Crippen LogP contribution < -0.4 is 5.32 Å². The second-order valence-corrected chi connectivity index (χ2v) is 10.4. The average molecular weight is 536 g/mol. The van der Waals surface area contributed by atoms with Gasteiger partial charge in [-0.25, -0.2) is 4.98 Å². The predicted molar refractivity (Wildman–Crippen MR) is 147 cm³/mol.